The Labute approximate surface area is 139 Å². The minimum atomic E-state index is -0.135. The summed E-state index contributed by atoms with van der Waals surface area (Å²) in [6.45, 7) is 2.54. The first-order chi connectivity index (χ1) is 11.3. The highest BCUT2D eigenvalue weighted by atomic mass is 32.2. The van der Waals surface area contributed by atoms with Crippen molar-refractivity contribution >= 4 is 23.7 Å². The summed E-state index contributed by atoms with van der Waals surface area (Å²) in [5, 5.41) is 2.95. The van der Waals surface area contributed by atoms with E-state index < -0.39 is 0 Å². The Kier molecular flexibility index (Phi) is 5.60. The number of rotatable bonds is 6. The van der Waals surface area contributed by atoms with Crippen LogP contribution < -0.4 is 5.32 Å². The van der Waals surface area contributed by atoms with Gasteiger partial charge in [-0.25, -0.2) is 0 Å². The highest BCUT2D eigenvalue weighted by molar-refractivity contribution is 7.99. The number of nitrogens with one attached hydrogen (secondary N) is 1. The van der Waals surface area contributed by atoms with Crippen molar-refractivity contribution in [3.8, 4) is 0 Å². The molecule has 1 fully saturated rings. The first kappa shape index (κ1) is 16.0. The molecule has 2 aromatic rings. The van der Waals surface area contributed by atoms with Crippen molar-refractivity contribution in [3.05, 3.63) is 54.4 Å². The Morgan fingerprint density at radius 3 is 2.74 bits per heavy atom. The van der Waals surface area contributed by atoms with Crippen molar-refractivity contribution in [2.24, 2.45) is 0 Å². The third-order valence-electron chi connectivity index (χ3n) is 3.77. The van der Waals surface area contributed by atoms with Gasteiger partial charge in [0, 0.05) is 37.2 Å². The second-order valence-electron chi connectivity index (χ2n) is 5.27. The molecule has 2 aromatic heterocycles. The lowest BCUT2D eigenvalue weighted by Gasteiger charge is -2.33. The standard InChI is InChI=1S/C17H20N2O3S/c20-17(6-5-14-3-1-9-21-14)18-13-15(16-4-2-10-22-16)19-7-11-23-12-8-19/h1-6,9-10,15H,7-8,11-13H2,(H,18,20)/b6-5+/t15-/m1/s1. The van der Waals surface area contributed by atoms with Gasteiger partial charge in [-0.3, -0.25) is 9.69 Å². The first-order valence-corrected chi connectivity index (χ1v) is 8.83. The molecule has 0 radical (unpaired) electrons. The first-order valence-electron chi connectivity index (χ1n) is 7.67. The zero-order chi connectivity index (χ0) is 15.9. The number of nitrogens with zero attached hydrogens (tertiary/aromatic N) is 1. The summed E-state index contributed by atoms with van der Waals surface area (Å²) in [4.78, 5) is 14.4. The Morgan fingerprint density at radius 2 is 2.04 bits per heavy atom. The van der Waals surface area contributed by atoms with E-state index >= 15 is 0 Å². The lowest BCUT2D eigenvalue weighted by Crippen LogP contribution is -2.41. The van der Waals surface area contributed by atoms with Crippen LogP contribution in [-0.2, 0) is 4.79 Å². The van der Waals surface area contributed by atoms with Crippen LogP contribution in [0.15, 0.2) is 51.7 Å². The minimum Gasteiger partial charge on any atom is -0.468 e. The maximum Gasteiger partial charge on any atom is 0.244 e. The second kappa shape index (κ2) is 8.08. The molecular formula is C17H20N2O3S. The molecule has 3 heterocycles. The number of hydrogen-bond acceptors (Lipinski definition) is 5. The van der Waals surface area contributed by atoms with Gasteiger partial charge in [0.05, 0.1) is 18.6 Å². The topological polar surface area (TPSA) is 58.6 Å². The van der Waals surface area contributed by atoms with Crippen LogP contribution in [0.5, 0.6) is 0 Å². The van der Waals surface area contributed by atoms with Gasteiger partial charge >= 0.3 is 0 Å². The number of carbonyl (C=O) groups excluding carboxylic acids is 1. The predicted molar refractivity (Wildman–Crippen MR) is 91.1 cm³/mol. The van der Waals surface area contributed by atoms with Gasteiger partial charge in [-0.15, -0.1) is 0 Å². The summed E-state index contributed by atoms with van der Waals surface area (Å²) in [5.41, 5.74) is 0. The van der Waals surface area contributed by atoms with E-state index in [2.05, 4.69) is 10.2 Å². The van der Waals surface area contributed by atoms with Gasteiger partial charge in [0.2, 0.25) is 5.91 Å². The molecule has 0 saturated carbocycles. The van der Waals surface area contributed by atoms with E-state index in [0.29, 0.717) is 12.3 Å². The van der Waals surface area contributed by atoms with Gasteiger partial charge in [-0.2, -0.15) is 11.8 Å². The molecule has 5 nitrogen and oxygen atoms in total. The third kappa shape index (κ3) is 4.53. The van der Waals surface area contributed by atoms with Gasteiger partial charge in [-0.05, 0) is 30.3 Å². The monoisotopic (exact) mass is 332 g/mol. The maximum atomic E-state index is 12.0. The summed E-state index contributed by atoms with van der Waals surface area (Å²) in [6.07, 6.45) is 6.41. The van der Waals surface area contributed by atoms with Crippen LogP contribution >= 0.6 is 11.8 Å². The predicted octanol–water partition coefficient (Wildman–Crippen LogP) is 2.79. The molecule has 122 valence electrons. The van der Waals surface area contributed by atoms with E-state index in [1.165, 1.54) is 6.08 Å². The zero-order valence-electron chi connectivity index (χ0n) is 12.8. The average Bonchev–Trinajstić information content (AvgIpc) is 3.28. The minimum absolute atomic E-state index is 0.0758. The summed E-state index contributed by atoms with van der Waals surface area (Å²) >= 11 is 1.96. The lowest BCUT2D eigenvalue weighted by molar-refractivity contribution is -0.116. The molecule has 0 unspecified atom stereocenters. The Morgan fingerprint density at radius 1 is 1.26 bits per heavy atom. The van der Waals surface area contributed by atoms with Crippen LogP contribution in [0.4, 0.5) is 0 Å². The molecule has 1 saturated heterocycles. The van der Waals surface area contributed by atoms with Crippen LogP contribution in [0, 0.1) is 0 Å². The fourth-order valence-electron chi connectivity index (χ4n) is 2.58. The van der Waals surface area contributed by atoms with Crippen molar-refractivity contribution in [2.75, 3.05) is 31.1 Å². The number of amides is 1. The summed E-state index contributed by atoms with van der Waals surface area (Å²) < 4.78 is 10.7. The van der Waals surface area contributed by atoms with Crippen molar-refractivity contribution in [2.45, 2.75) is 6.04 Å². The largest absolute Gasteiger partial charge is 0.468 e. The Bertz CT molecular complexity index is 616. The Hall–Kier alpha value is -1.92. The summed E-state index contributed by atoms with van der Waals surface area (Å²) in [7, 11) is 0. The second-order valence-corrected chi connectivity index (χ2v) is 6.50. The molecule has 0 aliphatic carbocycles. The molecule has 1 aliphatic heterocycles. The zero-order valence-corrected chi connectivity index (χ0v) is 13.6. The molecule has 1 amide bonds. The number of hydrogen-bond donors (Lipinski definition) is 1. The van der Waals surface area contributed by atoms with Crippen LogP contribution in [0.1, 0.15) is 17.6 Å². The fourth-order valence-corrected chi connectivity index (χ4v) is 3.51. The van der Waals surface area contributed by atoms with Crippen molar-refractivity contribution in [1.29, 1.82) is 0 Å². The maximum absolute atomic E-state index is 12.0. The van der Waals surface area contributed by atoms with Gasteiger partial charge in [0.1, 0.15) is 11.5 Å². The highest BCUT2D eigenvalue weighted by Gasteiger charge is 2.24. The molecule has 0 aromatic carbocycles. The average molecular weight is 332 g/mol. The van der Waals surface area contributed by atoms with Crippen molar-refractivity contribution in [3.63, 3.8) is 0 Å². The fraction of sp³-hybridized carbons (Fsp3) is 0.353. The third-order valence-corrected chi connectivity index (χ3v) is 4.71. The molecule has 0 bridgehead atoms. The molecular weight excluding hydrogens is 312 g/mol. The van der Waals surface area contributed by atoms with E-state index in [1.807, 2.05) is 23.9 Å². The highest BCUT2D eigenvalue weighted by Crippen LogP contribution is 2.24. The normalized spacial score (nSPS) is 17.4. The van der Waals surface area contributed by atoms with E-state index in [4.69, 9.17) is 8.83 Å². The number of carbonyl (C=O) groups is 1. The van der Waals surface area contributed by atoms with Gasteiger partial charge < -0.3 is 14.2 Å². The van der Waals surface area contributed by atoms with E-state index in [1.54, 1.807) is 30.7 Å². The smallest absolute Gasteiger partial charge is 0.244 e. The molecule has 3 rings (SSSR count). The number of furan rings is 2. The quantitative estimate of drug-likeness (QED) is 0.824. The molecule has 1 atom stereocenters. The van der Waals surface area contributed by atoms with Crippen LogP contribution in [0.3, 0.4) is 0 Å². The molecule has 1 N–H and O–H groups in total. The van der Waals surface area contributed by atoms with Crippen LogP contribution in [0.2, 0.25) is 0 Å². The van der Waals surface area contributed by atoms with Crippen LogP contribution in [0.25, 0.3) is 6.08 Å². The van der Waals surface area contributed by atoms with Gasteiger partial charge in [0.25, 0.3) is 0 Å². The van der Waals surface area contributed by atoms with Crippen molar-refractivity contribution in [1.82, 2.24) is 10.2 Å². The molecule has 6 heteroatoms. The van der Waals surface area contributed by atoms with Crippen LogP contribution in [-0.4, -0.2) is 41.9 Å². The number of thioether (sulfide) groups is 1. The van der Waals surface area contributed by atoms with E-state index in [0.717, 1.165) is 30.4 Å². The molecule has 0 spiro atoms. The van der Waals surface area contributed by atoms with E-state index in [9.17, 15) is 4.79 Å². The van der Waals surface area contributed by atoms with Crippen molar-refractivity contribution < 1.29 is 13.6 Å². The summed E-state index contributed by atoms with van der Waals surface area (Å²) in [6, 6.07) is 7.53. The molecule has 1 aliphatic rings. The lowest BCUT2D eigenvalue weighted by atomic mass is 10.2. The SMILES string of the molecule is O=C(/C=C/c1ccco1)NC[C@H](c1ccco1)N1CCSCC1. The molecule has 23 heavy (non-hydrogen) atoms. The van der Waals surface area contributed by atoms with E-state index in [-0.39, 0.29) is 11.9 Å². The summed E-state index contributed by atoms with van der Waals surface area (Å²) in [5.74, 6) is 3.65. The van der Waals surface area contributed by atoms with Gasteiger partial charge in [0.15, 0.2) is 0 Å². The Balaban J connectivity index is 1.58. The van der Waals surface area contributed by atoms with Gasteiger partial charge in [-0.1, -0.05) is 0 Å².